The molecule has 2 rings (SSSR count). The molecule has 0 N–H and O–H groups in total. The molecule has 0 atom stereocenters. The van der Waals surface area contributed by atoms with Crippen LogP contribution in [-0.2, 0) is 9.31 Å². The number of hydrogen-bond acceptors (Lipinski definition) is 2. The highest BCUT2D eigenvalue weighted by Gasteiger charge is 2.44. The number of benzene rings is 1. The summed E-state index contributed by atoms with van der Waals surface area (Å²) in [5.41, 5.74) is 0.947. The largest absolute Gasteiger partial charge is 0.488 e. The van der Waals surface area contributed by atoms with Gasteiger partial charge in [-0.25, -0.2) is 0 Å². The third-order valence-electron chi connectivity index (χ3n) is 3.08. The van der Waals surface area contributed by atoms with E-state index in [-0.39, 0.29) is 11.2 Å². The first-order valence-electron chi connectivity index (χ1n) is 5.54. The van der Waals surface area contributed by atoms with Gasteiger partial charge in [-0.05, 0) is 34.6 Å². The van der Waals surface area contributed by atoms with E-state index in [1.807, 2.05) is 45.9 Å². The third-order valence-corrected chi connectivity index (χ3v) is 3.08. The topological polar surface area (TPSA) is 18.5 Å². The molecule has 16 heavy (non-hydrogen) atoms. The van der Waals surface area contributed by atoms with E-state index in [0.29, 0.717) is 0 Å². The second-order valence-electron chi connectivity index (χ2n) is 5.01. The summed E-state index contributed by atoms with van der Waals surface area (Å²) in [6.07, 6.45) is 0. The summed E-state index contributed by atoms with van der Waals surface area (Å²) in [4.78, 5) is 0. The molecule has 1 heterocycles. The van der Waals surface area contributed by atoms with Gasteiger partial charge in [0.1, 0.15) is 0 Å². The van der Waals surface area contributed by atoms with Gasteiger partial charge in [-0.3, -0.25) is 0 Å². The Morgan fingerprint density at radius 1 is 0.875 bits per heavy atom. The fraction of sp³-hybridized carbons (Fsp3) is 0.538. The van der Waals surface area contributed by atoms with Crippen molar-refractivity contribution in [3.63, 3.8) is 0 Å². The van der Waals surface area contributed by atoms with Crippen molar-refractivity contribution in [2.24, 2.45) is 0 Å². The van der Waals surface area contributed by atoms with Crippen molar-refractivity contribution >= 4 is 7.69 Å². The molecule has 0 spiro atoms. The van der Waals surface area contributed by atoms with Crippen LogP contribution in [-0.4, -0.2) is 18.9 Å². The molecule has 0 unspecified atom stereocenters. The molecular formula is C13H20BO2. The fourth-order valence-corrected chi connectivity index (χ4v) is 1.08. The lowest BCUT2D eigenvalue weighted by molar-refractivity contribution is 0.00578. The van der Waals surface area contributed by atoms with Gasteiger partial charge in [0.2, 0.25) is 0 Å². The summed E-state index contributed by atoms with van der Waals surface area (Å²) in [5, 5.41) is 0. The van der Waals surface area contributed by atoms with Crippen molar-refractivity contribution in [1.29, 1.82) is 0 Å². The molecule has 0 bridgehead atoms. The van der Waals surface area contributed by atoms with Gasteiger partial charge in [0, 0.05) is 0 Å². The van der Waals surface area contributed by atoms with E-state index in [1.54, 1.807) is 0 Å². The maximum atomic E-state index is 5.21. The van der Waals surface area contributed by atoms with Gasteiger partial charge in [-0.15, -0.1) is 0 Å². The van der Waals surface area contributed by atoms with Gasteiger partial charge >= 0.3 is 7.69 Å². The number of rotatable bonds is 0. The smallest absolute Gasteiger partial charge is 0.405 e. The maximum absolute atomic E-state index is 5.21. The van der Waals surface area contributed by atoms with Crippen LogP contribution in [0.15, 0.2) is 30.3 Å². The molecule has 3 heteroatoms. The molecular weight excluding hydrogens is 199 g/mol. The minimum atomic E-state index is -0.188. The van der Waals surface area contributed by atoms with Crippen molar-refractivity contribution in [1.82, 2.24) is 0 Å². The first kappa shape index (κ1) is 13.3. The highest BCUT2D eigenvalue weighted by molar-refractivity contribution is 6.19. The Morgan fingerprint density at radius 3 is 1.50 bits per heavy atom. The quantitative estimate of drug-likeness (QED) is 0.624. The molecule has 0 aromatic heterocycles. The van der Waals surface area contributed by atoms with Gasteiger partial charge in [0.15, 0.2) is 0 Å². The van der Waals surface area contributed by atoms with E-state index in [4.69, 9.17) is 9.31 Å². The van der Waals surface area contributed by atoms with Gasteiger partial charge in [0.25, 0.3) is 0 Å². The summed E-state index contributed by atoms with van der Waals surface area (Å²) in [7, 11) is 1.42. The zero-order chi connectivity index (χ0) is 12.2. The van der Waals surface area contributed by atoms with Crippen LogP contribution in [0.3, 0.4) is 0 Å². The lowest BCUT2D eigenvalue weighted by atomic mass is 9.90. The van der Waals surface area contributed by atoms with E-state index >= 15 is 0 Å². The Kier molecular flexibility index (Phi) is 4.17. The van der Waals surface area contributed by atoms with E-state index in [9.17, 15) is 0 Å². The van der Waals surface area contributed by atoms with Crippen molar-refractivity contribution in [2.45, 2.75) is 45.8 Å². The standard InChI is InChI=1S/C7H8.C6H12BO2/c1-7-5-3-2-4-6-7;1-5(2)6(3,4)9-7-8-5/h2-6H,1H3;1-4H3. The molecule has 1 aromatic carbocycles. The summed E-state index contributed by atoms with van der Waals surface area (Å²) in [6.45, 7) is 10.1. The van der Waals surface area contributed by atoms with Crippen LogP contribution in [0.2, 0.25) is 0 Å². The first-order valence-corrected chi connectivity index (χ1v) is 5.54. The fourth-order valence-electron chi connectivity index (χ4n) is 1.08. The third kappa shape index (κ3) is 3.36. The van der Waals surface area contributed by atoms with Crippen molar-refractivity contribution < 1.29 is 9.31 Å². The molecule has 1 radical (unpaired) electrons. The summed E-state index contributed by atoms with van der Waals surface area (Å²) in [6, 6.07) is 10.3. The van der Waals surface area contributed by atoms with Crippen LogP contribution in [0.1, 0.15) is 33.3 Å². The van der Waals surface area contributed by atoms with E-state index in [2.05, 4.69) is 19.1 Å². The van der Waals surface area contributed by atoms with Gasteiger partial charge in [-0.2, -0.15) is 0 Å². The number of aryl methyl sites for hydroxylation is 1. The van der Waals surface area contributed by atoms with Crippen LogP contribution in [0.4, 0.5) is 0 Å². The van der Waals surface area contributed by atoms with Crippen molar-refractivity contribution in [2.75, 3.05) is 0 Å². The zero-order valence-corrected chi connectivity index (χ0v) is 10.8. The minimum Gasteiger partial charge on any atom is -0.405 e. The molecule has 1 saturated heterocycles. The Morgan fingerprint density at radius 2 is 1.31 bits per heavy atom. The maximum Gasteiger partial charge on any atom is 0.488 e. The van der Waals surface area contributed by atoms with Gasteiger partial charge in [0.05, 0.1) is 11.2 Å². The van der Waals surface area contributed by atoms with Gasteiger partial charge < -0.3 is 9.31 Å². The number of hydrogen-bond donors (Lipinski definition) is 0. The van der Waals surface area contributed by atoms with Crippen LogP contribution in [0.5, 0.6) is 0 Å². The Balaban J connectivity index is 0.000000165. The molecule has 1 aliphatic rings. The van der Waals surface area contributed by atoms with Crippen molar-refractivity contribution in [3.05, 3.63) is 35.9 Å². The second kappa shape index (κ2) is 5.02. The highest BCUT2D eigenvalue weighted by atomic mass is 16.7. The second-order valence-corrected chi connectivity index (χ2v) is 5.01. The van der Waals surface area contributed by atoms with E-state index < -0.39 is 0 Å². The highest BCUT2D eigenvalue weighted by Crippen LogP contribution is 2.33. The summed E-state index contributed by atoms with van der Waals surface area (Å²) >= 11 is 0. The predicted octanol–water partition coefficient (Wildman–Crippen LogP) is 3.12. The molecule has 1 aliphatic heterocycles. The van der Waals surface area contributed by atoms with Crippen LogP contribution in [0.25, 0.3) is 0 Å². The van der Waals surface area contributed by atoms with E-state index in [1.165, 1.54) is 13.2 Å². The molecule has 1 fully saturated rings. The van der Waals surface area contributed by atoms with Crippen molar-refractivity contribution in [3.8, 4) is 0 Å². The zero-order valence-electron chi connectivity index (χ0n) is 10.8. The SMILES string of the molecule is CC1(C)O[B]OC1(C)C.Cc1ccccc1. The molecule has 0 saturated carbocycles. The monoisotopic (exact) mass is 219 g/mol. The molecule has 0 aliphatic carbocycles. The van der Waals surface area contributed by atoms with Crippen LogP contribution >= 0.6 is 0 Å². The molecule has 2 nitrogen and oxygen atoms in total. The molecule has 1 aromatic rings. The normalized spacial score (nSPS) is 20.6. The summed E-state index contributed by atoms with van der Waals surface area (Å²) < 4.78 is 10.4. The average molecular weight is 219 g/mol. The Bertz CT molecular complexity index is 306. The van der Waals surface area contributed by atoms with Crippen LogP contribution in [0, 0.1) is 6.92 Å². The van der Waals surface area contributed by atoms with E-state index in [0.717, 1.165) is 0 Å². The lowest BCUT2D eigenvalue weighted by Crippen LogP contribution is -2.41. The molecule has 87 valence electrons. The predicted molar refractivity (Wildman–Crippen MR) is 67.3 cm³/mol. The lowest BCUT2D eigenvalue weighted by Gasteiger charge is -2.32. The molecule has 0 amide bonds. The minimum absolute atomic E-state index is 0.187. The average Bonchev–Trinajstić information content (AvgIpc) is 2.41. The van der Waals surface area contributed by atoms with Gasteiger partial charge in [-0.1, -0.05) is 35.9 Å². The Labute approximate surface area is 99.3 Å². The summed E-state index contributed by atoms with van der Waals surface area (Å²) in [5.74, 6) is 0. The first-order chi connectivity index (χ1) is 7.35. The van der Waals surface area contributed by atoms with Crippen LogP contribution < -0.4 is 0 Å². The Hall–Kier alpha value is -0.795.